The lowest BCUT2D eigenvalue weighted by Gasteiger charge is -2.36. The van der Waals surface area contributed by atoms with Gasteiger partial charge in [-0.05, 0) is 36.1 Å². The van der Waals surface area contributed by atoms with E-state index in [0.717, 1.165) is 25.2 Å². The third-order valence-corrected chi connectivity index (χ3v) is 5.87. The summed E-state index contributed by atoms with van der Waals surface area (Å²) >= 11 is 0. The van der Waals surface area contributed by atoms with Crippen LogP contribution in [0.1, 0.15) is 18.2 Å². The van der Waals surface area contributed by atoms with Gasteiger partial charge < -0.3 is 19.3 Å². The Labute approximate surface area is 191 Å². The molecule has 180 valence electrons. The van der Waals surface area contributed by atoms with E-state index in [-0.39, 0.29) is 11.8 Å². The molecule has 10 nitrogen and oxygen atoms in total. The van der Waals surface area contributed by atoms with Crippen molar-refractivity contribution in [3.05, 3.63) is 51.9 Å². The van der Waals surface area contributed by atoms with Gasteiger partial charge >= 0.3 is 18.0 Å². The van der Waals surface area contributed by atoms with Crippen molar-refractivity contribution >= 4 is 23.0 Å². The molecule has 0 N–H and O–H groups in total. The third kappa shape index (κ3) is 4.42. The molecule has 13 heteroatoms. The molecule has 0 spiro atoms. The van der Waals surface area contributed by atoms with Gasteiger partial charge in [0.15, 0.2) is 0 Å². The van der Waals surface area contributed by atoms with Gasteiger partial charge in [-0.3, -0.25) is 14.5 Å². The summed E-state index contributed by atoms with van der Waals surface area (Å²) in [5.41, 5.74) is -0.886. The zero-order valence-corrected chi connectivity index (χ0v) is 18.2. The van der Waals surface area contributed by atoms with Crippen molar-refractivity contribution in [3.8, 4) is 6.01 Å². The Morgan fingerprint density at radius 1 is 1.26 bits per heavy atom. The number of imidazole rings is 1. The van der Waals surface area contributed by atoms with E-state index in [2.05, 4.69) is 15.0 Å². The first-order valence-electron chi connectivity index (χ1n) is 10.6. The van der Waals surface area contributed by atoms with Crippen LogP contribution in [0.3, 0.4) is 0 Å². The van der Waals surface area contributed by atoms with Gasteiger partial charge in [-0.15, -0.1) is 0 Å². The van der Waals surface area contributed by atoms with Gasteiger partial charge in [0.2, 0.25) is 0 Å². The molecular weight excluding hydrogens is 457 g/mol. The van der Waals surface area contributed by atoms with Crippen LogP contribution in [0.25, 0.3) is 11.0 Å². The normalized spacial score (nSPS) is 21.4. The number of hydrogen-bond donors (Lipinski definition) is 0. The Morgan fingerprint density at radius 3 is 2.71 bits per heavy atom. The van der Waals surface area contributed by atoms with E-state index in [1.807, 2.05) is 11.9 Å². The van der Waals surface area contributed by atoms with Crippen molar-refractivity contribution < 1.29 is 27.2 Å². The summed E-state index contributed by atoms with van der Waals surface area (Å²) in [6, 6.07) is 5.16. The van der Waals surface area contributed by atoms with E-state index >= 15 is 0 Å². The molecular formula is C21H21F3N6O4. The molecule has 2 aromatic heterocycles. The number of halogens is 3. The predicted molar refractivity (Wildman–Crippen MR) is 115 cm³/mol. The van der Waals surface area contributed by atoms with Gasteiger partial charge in [0, 0.05) is 43.1 Å². The second-order valence-electron chi connectivity index (χ2n) is 8.69. The first kappa shape index (κ1) is 22.2. The smallest absolute Gasteiger partial charge is 0.416 e. The summed E-state index contributed by atoms with van der Waals surface area (Å²) in [7, 11) is 0. The predicted octanol–water partition coefficient (Wildman–Crippen LogP) is 3.36. The molecule has 1 saturated heterocycles. The molecule has 4 heterocycles. The number of benzene rings is 1. The number of aromatic nitrogens is 2. The largest absolute Gasteiger partial charge is 0.455 e. The third-order valence-electron chi connectivity index (χ3n) is 5.87. The molecule has 34 heavy (non-hydrogen) atoms. The number of furan rings is 1. The Kier molecular flexibility index (Phi) is 5.23. The molecule has 1 atom stereocenters. The van der Waals surface area contributed by atoms with Crippen molar-refractivity contribution in [2.45, 2.75) is 25.2 Å². The summed E-state index contributed by atoms with van der Waals surface area (Å²) in [6.07, 6.45) is -1.51. The van der Waals surface area contributed by atoms with Crippen molar-refractivity contribution in [1.82, 2.24) is 19.5 Å². The molecule has 1 fully saturated rings. The van der Waals surface area contributed by atoms with Crippen LogP contribution in [0.2, 0.25) is 0 Å². The summed E-state index contributed by atoms with van der Waals surface area (Å²) in [4.78, 5) is 16.4. The fourth-order valence-electron chi connectivity index (χ4n) is 4.29. The van der Waals surface area contributed by atoms with Crippen molar-refractivity contribution in [2.24, 2.45) is 5.10 Å². The van der Waals surface area contributed by atoms with Gasteiger partial charge in [0.25, 0.3) is 0 Å². The first-order valence-corrected chi connectivity index (χ1v) is 10.6. The van der Waals surface area contributed by atoms with E-state index in [9.17, 15) is 23.3 Å². The highest BCUT2D eigenvalue weighted by Gasteiger charge is 2.41. The van der Waals surface area contributed by atoms with Crippen LogP contribution in [-0.2, 0) is 12.7 Å². The molecule has 0 radical (unpaired) electrons. The van der Waals surface area contributed by atoms with Crippen molar-refractivity contribution in [3.63, 3.8) is 0 Å². The number of fused-ring (bicyclic) bond motifs is 2. The van der Waals surface area contributed by atoms with Gasteiger partial charge in [-0.2, -0.15) is 18.3 Å². The van der Waals surface area contributed by atoms with Crippen LogP contribution in [0, 0.1) is 10.1 Å². The average Bonchev–Trinajstić information content (AvgIpc) is 3.43. The van der Waals surface area contributed by atoms with Crippen LogP contribution in [-0.4, -0.2) is 68.9 Å². The highest BCUT2D eigenvalue weighted by molar-refractivity contribution is 5.87. The van der Waals surface area contributed by atoms with E-state index in [1.165, 1.54) is 24.5 Å². The van der Waals surface area contributed by atoms with Gasteiger partial charge in [0.1, 0.15) is 23.1 Å². The maximum Gasteiger partial charge on any atom is 0.416 e. The maximum absolute atomic E-state index is 12.9. The maximum atomic E-state index is 12.9. The molecule has 5 rings (SSSR count). The molecule has 0 unspecified atom stereocenters. The Bertz CT molecular complexity index is 1240. The SMILES string of the molecule is C[C@]1(CN2CCN(N=Cc3cc4cc(C(F)(F)F)ccc4o3)CC2)Cn2cc([N+](=O)[O-])nc2O1. The highest BCUT2D eigenvalue weighted by atomic mass is 19.4. The molecule has 0 bridgehead atoms. The second kappa shape index (κ2) is 8.01. The molecule has 1 aromatic carbocycles. The lowest BCUT2D eigenvalue weighted by molar-refractivity contribution is -0.389. The fraction of sp³-hybridized carbons (Fsp3) is 0.429. The molecule has 2 aliphatic rings. The topological polar surface area (TPSA) is 102 Å². The minimum absolute atomic E-state index is 0.228. The number of hydrazone groups is 1. The van der Waals surface area contributed by atoms with E-state index in [4.69, 9.17) is 9.15 Å². The number of nitro groups is 1. The number of nitrogens with zero attached hydrogens (tertiary/aromatic N) is 6. The van der Waals surface area contributed by atoms with Crippen LogP contribution in [0.4, 0.5) is 19.0 Å². The lowest BCUT2D eigenvalue weighted by Crippen LogP contribution is -2.51. The quantitative estimate of drug-likeness (QED) is 0.315. The number of rotatable bonds is 5. The van der Waals surface area contributed by atoms with Crippen LogP contribution in [0.15, 0.2) is 40.0 Å². The molecule has 0 amide bonds. The summed E-state index contributed by atoms with van der Waals surface area (Å²) < 4.78 is 51.8. The van der Waals surface area contributed by atoms with E-state index in [1.54, 1.807) is 4.57 Å². The monoisotopic (exact) mass is 478 g/mol. The fourth-order valence-corrected chi connectivity index (χ4v) is 4.29. The van der Waals surface area contributed by atoms with E-state index in [0.29, 0.717) is 42.9 Å². The zero-order chi connectivity index (χ0) is 24.1. The standard InChI is InChI=1S/C21H21F3N6O4/c1-20(13-28-11-18(30(31)32)26-19(28)34-20)12-27-4-6-29(7-5-27)25-10-16-9-14-8-15(21(22,23)24)2-3-17(14)33-16/h2-3,8-11H,4-7,12-13H2,1H3/t20-/m0/s1. The summed E-state index contributed by atoms with van der Waals surface area (Å²) in [6.45, 7) is 5.82. The number of ether oxygens (including phenoxy) is 1. The minimum atomic E-state index is -4.40. The highest BCUT2D eigenvalue weighted by Crippen LogP contribution is 2.33. The minimum Gasteiger partial charge on any atom is -0.455 e. The van der Waals surface area contributed by atoms with Crippen molar-refractivity contribution in [2.75, 3.05) is 32.7 Å². The molecule has 3 aromatic rings. The molecule has 2 aliphatic heterocycles. The first-order chi connectivity index (χ1) is 16.1. The lowest BCUT2D eigenvalue weighted by atomic mass is 10.1. The van der Waals surface area contributed by atoms with Gasteiger partial charge in [-0.25, -0.2) is 0 Å². The summed E-state index contributed by atoms with van der Waals surface area (Å²) in [5, 5.41) is 17.5. The Balaban J connectivity index is 1.15. The van der Waals surface area contributed by atoms with Crippen LogP contribution < -0.4 is 4.74 Å². The average molecular weight is 478 g/mol. The number of hydrogen-bond acceptors (Lipinski definition) is 8. The Hall–Kier alpha value is -3.61. The summed E-state index contributed by atoms with van der Waals surface area (Å²) in [5.74, 6) is 0.154. The zero-order valence-electron chi connectivity index (χ0n) is 18.2. The van der Waals surface area contributed by atoms with Gasteiger partial charge in [0.05, 0.1) is 18.3 Å². The molecule has 0 saturated carbocycles. The number of alkyl halides is 3. The Morgan fingerprint density at radius 2 is 2.03 bits per heavy atom. The van der Waals surface area contributed by atoms with Crippen LogP contribution in [0.5, 0.6) is 6.01 Å². The van der Waals surface area contributed by atoms with Crippen molar-refractivity contribution in [1.29, 1.82) is 0 Å². The molecule has 0 aliphatic carbocycles. The number of piperazine rings is 1. The van der Waals surface area contributed by atoms with Gasteiger partial charge in [-0.1, -0.05) is 0 Å². The van der Waals surface area contributed by atoms with E-state index < -0.39 is 22.3 Å². The second-order valence-corrected chi connectivity index (χ2v) is 8.69. The van der Waals surface area contributed by atoms with Crippen LogP contribution >= 0.6 is 0 Å².